The molecule has 1 rings (SSSR count). The van der Waals surface area contributed by atoms with Crippen LogP contribution in [0.2, 0.25) is 0 Å². The van der Waals surface area contributed by atoms with Gasteiger partial charge >= 0.3 is 0 Å². The van der Waals surface area contributed by atoms with Gasteiger partial charge in [0.05, 0.1) is 4.92 Å². The zero-order chi connectivity index (χ0) is 14.4. The number of nitro benzene ring substituents is 1. The van der Waals surface area contributed by atoms with Crippen molar-refractivity contribution in [2.75, 3.05) is 0 Å². The summed E-state index contributed by atoms with van der Waals surface area (Å²) in [4.78, 5) is 10.4. The van der Waals surface area contributed by atoms with Gasteiger partial charge in [0.15, 0.2) is 0 Å². The number of hydrogen-bond acceptors (Lipinski definition) is 5. The van der Waals surface area contributed by atoms with Crippen LogP contribution in [0.3, 0.4) is 0 Å². The first-order valence-electron chi connectivity index (χ1n) is 5.88. The lowest BCUT2D eigenvalue weighted by molar-refractivity contribution is -0.385. The molecule has 0 bridgehead atoms. The van der Waals surface area contributed by atoms with Crippen LogP contribution in [0.15, 0.2) is 23.4 Å². The largest absolute Gasteiger partial charge is 0.409 e. The van der Waals surface area contributed by atoms with E-state index in [0.717, 1.165) is 5.56 Å². The van der Waals surface area contributed by atoms with Crippen LogP contribution < -0.4 is 11.1 Å². The summed E-state index contributed by atoms with van der Waals surface area (Å²) < 4.78 is 0. The van der Waals surface area contributed by atoms with E-state index in [0.29, 0.717) is 18.5 Å². The molecular weight excluding hydrogens is 248 g/mol. The lowest BCUT2D eigenvalue weighted by Crippen LogP contribution is -2.30. The van der Waals surface area contributed by atoms with Crippen LogP contribution in [0.25, 0.3) is 0 Å². The van der Waals surface area contributed by atoms with E-state index < -0.39 is 4.92 Å². The van der Waals surface area contributed by atoms with Crippen molar-refractivity contribution in [1.82, 2.24) is 5.32 Å². The molecule has 1 unspecified atom stereocenters. The van der Waals surface area contributed by atoms with Crippen molar-refractivity contribution in [2.24, 2.45) is 10.9 Å². The first kappa shape index (κ1) is 14.9. The fourth-order valence-electron chi connectivity index (χ4n) is 1.77. The van der Waals surface area contributed by atoms with Crippen molar-refractivity contribution in [1.29, 1.82) is 0 Å². The van der Waals surface area contributed by atoms with Crippen molar-refractivity contribution < 1.29 is 10.1 Å². The zero-order valence-corrected chi connectivity index (χ0v) is 11.0. The standard InChI is InChI=1S/C12H18N4O3/c1-8(6-12(13)15-17)14-7-10-4-3-5-11(9(10)2)16(18)19/h3-5,8,14,17H,6-7H2,1-2H3,(H2,13,15). The van der Waals surface area contributed by atoms with Gasteiger partial charge in [-0.3, -0.25) is 10.1 Å². The van der Waals surface area contributed by atoms with Gasteiger partial charge < -0.3 is 16.3 Å². The van der Waals surface area contributed by atoms with E-state index in [1.54, 1.807) is 13.0 Å². The van der Waals surface area contributed by atoms with Crippen molar-refractivity contribution in [3.63, 3.8) is 0 Å². The first-order chi connectivity index (χ1) is 8.95. The molecule has 19 heavy (non-hydrogen) atoms. The maximum absolute atomic E-state index is 10.8. The van der Waals surface area contributed by atoms with Gasteiger partial charge in [0, 0.05) is 30.6 Å². The van der Waals surface area contributed by atoms with Crippen LogP contribution in [-0.2, 0) is 6.54 Å². The molecule has 0 saturated heterocycles. The average molecular weight is 266 g/mol. The summed E-state index contributed by atoms with van der Waals surface area (Å²) in [5.41, 5.74) is 7.03. The normalized spacial score (nSPS) is 13.3. The van der Waals surface area contributed by atoms with Gasteiger partial charge in [0.1, 0.15) is 5.84 Å². The molecule has 104 valence electrons. The Morgan fingerprint density at radius 2 is 2.32 bits per heavy atom. The number of benzene rings is 1. The topological polar surface area (TPSA) is 114 Å². The second-order valence-corrected chi connectivity index (χ2v) is 4.40. The molecule has 1 aromatic carbocycles. The summed E-state index contributed by atoms with van der Waals surface area (Å²) in [7, 11) is 0. The molecule has 0 amide bonds. The van der Waals surface area contributed by atoms with E-state index in [2.05, 4.69) is 10.5 Å². The molecule has 0 aliphatic heterocycles. The highest BCUT2D eigenvalue weighted by Crippen LogP contribution is 2.20. The third kappa shape index (κ3) is 4.22. The highest BCUT2D eigenvalue weighted by Gasteiger charge is 2.13. The monoisotopic (exact) mass is 266 g/mol. The van der Waals surface area contributed by atoms with Gasteiger partial charge in [-0.25, -0.2) is 0 Å². The number of hydrogen-bond donors (Lipinski definition) is 3. The number of nitrogens with one attached hydrogen (secondary N) is 1. The Morgan fingerprint density at radius 1 is 1.63 bits per heavy atom. The van der Waals surface area contributed by atoms with Crippen LogP contribution in [0.1, 0.15) is 24.5 Å². The molecule has 0 aliphatic rings. The average Bonchev–Trinajstić information content (AvgIpc) is 2.37. The maximum Gasteiger partial charge on any atom is 0.272 e. The second-order valence-electron chi connectivity index (χ2n) is 4.40. The smallest absolute Gasteiger partial charge is 0.272 e. The first-order valence-corrected chi connectivity index (χ1v) is 5.88. The highest BCUT2D eigenvalue weighted by molar-refractivity contribution is 5.80. The van der Waals surface area contributed by atoms with Crippen LogP contribution in [0, 0.1) is 17.0 Å². The molecule has 7 nitrogen and oxygen atoms in total. The van der Waals surface area contributed by atoms with Crippen molar-refractivity contribution in [2.45, 2.75) is 32.9 Å². The van der Waals surface area contributed by atoms with Crippen molar-refractivity contribution >= 4 is 11.5 Å². The molecule has 0 heterocycles. The third-order valence-electron chi connectivity index (χ3n) is 2.90. The number of nitro groups is 1. The van der Waals surface area contributed by atoms with Crippen molar-refractivity contribution in [3.05, 3.63) is 39.4 Å². The molecule has 0 aromatic heterocycles. The predicted molar refractivity (Wildman–Crippen MR) is 72.2 cm³/mol. The van der Waals surface area contributed by atoms with Gasteiger partial charge in [-0.15, -0.1) is 0 Å². The Hall–Kier alpha value is -2.15. The number of nitrogens with zero attached hydrogens (tertiary/aromatic N) is 2. The Labute approximate surface area is 111 Å². The van der Waals surface area contributed by atoms with Crippen LogP contribution in [0.4, 0.5) is 5.69 Å². The molecule has 0 saturated carbocycles. The van der Waals surface area contributed by atoms with E-state index in [9.17, 15) is 10.1 Å². The molecule has 1 atom stereocenters. The minimum Gasteiger partial charge on any atom is -0.409 e. The number of nitrogens with two attached hydrogens (primary N) is 1. The van der Waals surface area contributed by atoms with Gasteiger partial charge in [0.2, 0.25) is 0 Å². The van der Waals surface area contributed by atoms with E-state index in [4.69, 9.17) is 10.9 Å². The summed E-state index contributed by atoms with van der Waals surface area (Å²) in [5, 5.41) is 25.4. The lowest BCUT2D eigenvalue weighted by atomic mass is 10.1. The molecule has 0 aliphatic carbocycles. The number of amidine groups is 1. The van der Waals surface area contributed by atoms with E-state index in [1.165, 1.54) is 6.07 Å². The van der Waals surface area contributed by atoms with Crippen LogP contribution in [-0.4, -0.2) is 22.0 Å². The zero-order valence-electron chi connectivity index (χ0n) is 11.0. The molecule has 0 fully saturated rings. The van der Waals surface area contributed by atoms with Gasteiger partial charge in [-0.2, -0.15) is 0 Å². The Kier molecular flexibility index (Phi) is 5.25. The van der Waals surface area contributed by atoms with Crippen LogP contribution >= 0.6 is 0 Å². The summed E-state index contributed by atoms with van der Waals surface area (Å²) >= 11 is 0. The number of oxime groups is 1. The molecule has 4 N–H and O–H groups in total. The minimum atomic E-state index is -0.390. The van der Waals surface area contributed by atoms with E-state index in [-0.39, 0.29) is 17.6 Å². The van der Waals surface area contributed by atoms with Gasteiger partial charge in [0.25, 0.3) is 5.69 Å². The van der Waals surface area contributed by atoms with Crippen LogP contribution in [0.5, 0.6) is 0 Å². The fraction of sp³-hybridized carbons (Fsp3) is 0.417. The second kappa shape index (κ2) is 6.69. The molecule has 1 aromatic rings. The molecule has 0 spiro atoms. The Morgan fingerprint density at radius 3 is 2.89 bits per heavy atom. The van der Waals surface area contributed by atoms with Crippen molar-refractivity contribution in [3.8, 4) is 0 Å². The summed E-state index contributed by atoms with van der Waals surface area (Å²) in [6, 6.07) is 5.00. The lowest BCUT2D eigenvalue weighted by Gasteiger charge is -2.14. The predicted octanol–water partition coefficient (Wildman–Crippen LogP) is 1.52. The summed E-state index contributed by atoms with van der Waals surface area (Å²) in [5.74, 6) is 0.149. The van der Waals surface area contributed by atoms with E-state index >= 15 is 0 Å². The quantitative estimate of drug-likeness (QED) is 0.237. The third-order valence-corrected chi connectivity index (χ3v) is 2.90. The Balaban J connectivity index is 2.68. The molecule has 7 heteroatoms. The van der Waals surface area contributed by atoms with Gasteiger partial charge in [-0.1, -0.05) is 17.3 Å². The molecule has 0 radical (unpaired) electrons. The minimum absolute atomic E-state index is 0.00885. The van der Waals surface area contributed by atoms with Gasteiger partial charge in [-0.05, 0) is 19.4 Å². The SMILES string of the molecule is Cc1c(CNC(C)C/C(N)=N/O)cccc1[N+](=O)[O-]. The summed E-state index contributed by atoms with van der Waals surface area (Å²) in [6.07, 6.45) is 0.407. The molecular formula is C12H18N4O3. The fourth-order valence-corrected chi connectivity index (χ4v) is 1.77. The number of rotatable bonds is 6. The highest BCUT2D eigenvalue weighted by atomic mass is 16.6. The van der Waals surface area contributed by atoms with E-state index in [1.807, 2.05) is 13.0 Å². The Bertz CT molecular complexity index is 488. The summed E-state index contributed by atoms with van der Waals surface area (Å²) in [6.45, 7) is 4.11. The maximum atomic E-state index is 10.8.